The summed E-state index contributed by atoms with van der Waals surface area (Å²) in [6.45, 7) is 2.54. The minimum absolute atomic E-state index is 0.382. The van der Waals surface area contributed by atoms with Crippen LogP contribution in [0.25, 0.3) is 0 Å². The zero-order valence-corrected chi connectivity index (χ0v) is 12.5. The molecule has 0 aliphatic rings. The second-order valence-corrected chi connectivity index (χ2v) is 6.54. The molecule has 0 aliphatic heterocycles. The third-order valence-corrected chi connectivity index (χ3v) is 4.26. The van der Waals surface area contributed by atoms with E-state index in [4.69, 9.17) is 4.74 Å². The third-order valence-electron chi connectivity index (χ3n) is 2.66. The number of aliphatic hydroxyl groups is 1. The van der Waals surface area contributed by atoms with Gasteiger partial charge in [-0.2, -0.15) is 0 Å². The van der Waals surface area contributed by atoms with Crippen LogP contribution in [0.15, 0.2) is 40.2 Å². The summed E-state index contributed by atoms with van der Waals surface area (Å²) in [6, 6.07) is 11.7. The highest BCUT2D eigenvalue weighted by Gasteiger charge is 2.04. The molecule has 0 amide bonds. The molecule has 0 fully saturated rings. The number of hydrogen-bond donors (Lipinski definition) is 1. The van der Waals surface area contributed by atoms with Crippen molar-refractivity contribution in [1.29, 1.82) is 0 Å². The van der Waals surface area contributed by atoms with Crippen molar-refractivity contribution in [2.45, 2.75) is 26.1 Å². The fourth-order valence-electron chi connectivity index (χ4n) is 1.61. The maximum atomic E-state index is 9.69. The third kappa shape index (κ3) is 3.57. The molecule has 0 spiro atoms. The molecule has 18 heavy (non-hydrogen) atoms. The van der Waals surface area contributed by atoms with Gasteiger partial charge in [0.2, 0.25) is 0 Å². The highest BCUT2D eigenvalue weighted by Crippen LogP contribution is 2.24. The Morgan fingerprint density at radius 2 is 1.94 bits per heavy atom. The second kappa shape index (κ2) is 6.36. The molecule has 1 unspecified atom stereocenters. The standard InChI is InChI=1S/C14H15BrO2S/c1-2-13(16)10-3-5-11(6-4-10)17-9-12-7-8-14(15)18-12/h3-8,13,16H,2,9H2,1H3. The van der Waals surface area contributed by atoms with E-state index in [9.17, 15) is 5.11 Å². The van der Waals surface area contributed by atoms with E-state index in [0.29, 0.717) is 6.61 Å². The van der Waals surface area contributed by atoms with Crippen molar-refractivity contribution in [3.8, 4) is 5.75 Å². The van der Waals surface area contributed by atoms with Crippen molar-refractivity contribution < 1.29 is 9.84 Å². The molecule has 1 aromatic heterocycles. The summed E-state index contributed by atoms with van der Waals surface area (Å²) in [5.74, 6) is 0.826. The summed E-state index contributed by atoms with van der Waals surface area (Å²) in [7, 11) is 0. The Morgan fingerprint density at radius 3 is 2.50 bits per heavy atom. The summed E-state index contributed by atoms with van der Waals surface area (Å²) >= 11 is 5.10. The van der Waals surface area contributed by atoms with E-state index in [1.54, 1.807) is 11.3 Å². The van der Waals surface area contributed by atoms with Gasteiger partial charge in [0.25, 0.3) is 0 Å². The monoisotopic (exact) mass is 326 g/mol. The van der Waals surface area contributed by atoms with Gasteiger partial charge in [-0.15, -0.1) is 11.3 Å². The molecule has 2 nitrogen and oxygen atoms in total. The van der Waals surface area contributed by atoms with Crippen LogP contribution < -0.4 is 4.74 Å². The first-order valence-electron chi connectivity index (χ1n) is 5.84. The Morgan fingerprint density at radius 1 is 1.22 bits per heavy atom. The van der Waals surface area contributed by atoms with Gasteiger partial charge in [0.05, 0.1) is 9.89 Å². The van der Waals surface area contributed by atoms with Crippen LogP contribution in [0, 0.1) is 0 Å². The molecule has 96 valence electrons. The van der Waals surface area contributed by atoms with Gasteiger partial charge in [-0.25, -0.2) is 0 Å². The minimum atomic E-state index is -0.382. The topological polar surface area (TPSA) is 29.5 Å². The van der Waals surface area contributed by atoms with Crippen LogP contribution >= 0.6 is 27.3 Å². The zero-order chi connectivity index (χ0) is 13.0. The summed E-state index contributed by atoms with van der Waals surface area (Å²) in [6.07, 6.45) is 0.343. The Kier molecular flexibility index (Phi) is 4.80. The number of rotatable bonds is 5. The lowest BCUT2D eigenvalue weighted by atomic mass is 10.1. The predicted octanol–water partition coefficient (Wildman–Crippen LogP) is 4.53. The fourth-order valence-corrected chi connectivity index (χ4v) is 3.00. The SMILES string of the molecule is CCC(O)c1ccc(OCc2ccc(Br)s2)cc1. The molecule has 1 N–H and O–H groups in total. The quantitative estimate of drug-likeness (QED) is 0.874. The number of benzene rings is 1. The normalized spacial score (nSPS) is 12.4. The average molecular weight is 327 g/mol. The van der Waals surface area contributed by atoms with Crippen molar-refractivity contribution in [2.24, 2.45) is 0 Å². The molecular weight excluding hydrogens is 312 g/mol. The van der Waals surface area contributed by atoms with Gasteiger partial charge in [0, 0.05) is 4.88 Å². The molecule has 2 rings (SSSR count). The van der Waals surface area contributed by atoms with Gasteiger partial charge in [-0.05, 0) is 52.2 Å². The van der Waals surface area contributed by atoms with Crippen LogP contribution in [-0.2, 0) is 6.61 Å². The van der Waals surface area contributed by atoms with Gasteiger partial charge in [-0.3, -0.25) is 0 Å². The minimum Gasteiger partial charge on any atom is -0.488 e. The number of hydrogen-bond acceptors (Lipinski definition) is 3. The molecule has 0 radical (unpaired) electrons. The highest BCUT2D eigenvalue weighted by atomic mass is 79.9. The van der Waals surface area contributed by atoms with Gasteiger partial charge < -0.3 is 9.84 Å². The molecular formula is C14H15BrO2S. The van der Waals surface area contributed by atoms with Crippen molar-refractivity contribution in [3.05, 3.63) is 50.6 Å². The first-order chi connectivity index (χ1) is 8.69. The van der Waals surface area contributed by atoms with E-state index < -0.39 is 0 Å². The Hall–Kier alpha value is -0.840. The summed E-state index contributed by atoms with van der Waals surface area (Å²) in [4.78, 5) is 1.18. The van der Waals surface area contributed by atoms with Crippen LogP contribution in [0.1, 0.15) is 29.9 Å². The van der Waals surface area contributed by atoms with Crippen LogP contribution in [0.3, 0.4) is 0 Å². The maximum absolute atomic E-state index is 9.69. The molecule has 1 aromatic carbocycles. The van der Waals surface area contributed by atoms with Gasteiger partial charge in [0.1, 0.15) is 12.4 Å². The average Bonchev–Trinajstić information content (AvgIpc) is 2.82. The van der Waals surface area contributed by atoms with Gasteiger partial charge in [0.15, 0.2) is 0 Å². The molecule has 1 atom stereocenters. The first kappa shape index (κ1) is 13.6. The highest BCUT2D eigenvalue weighted by molar-refractivity contribution is 9.11. The van der Waals surface area contributed by atoms with E-state index in [0.717, 1.165) is 21.5 Å². The number of thiophene rings is 1. The van der Waals surface area contributed by atoms with Crippen molar-refractivity contribution >= 4 is 27.3 Å². The van der Waals surface area contributed by atoms with E-state index >= 15 is 0 Å². The molecule has 1 heterocycles. The largest absolute Gasteiger partial charge is 0.488 e. The molecule has 0 saturated carbocycles. The molecule has 0 saturated heterocycles. The van der Waals surface area contributed by atoms with Crippen LogP contribution in [-0.4, -0.2) is 5.11 Å². The maximum Gasteiger partial charge on any atom is 0.122 e. The predicted molar refractivity (Wildman–Crippen MR) is 78.0 cm³/mol. The first-order valence-corrected chi connectivity index (χ1v) is 7.45. The Balaban J connectivity index is 1.94. The summed E-state index contributed by atoms with van der Waals surface area (Å²) in [5, 5.41) is 9.69. The number of ether oxygens (including phenoxy) is 1. The van der Waals surface area contributed by atoms with E-state index in [2.05, 4.69) is 15.9 Å². The Bertz CT molecular complexity index is 493. The second-order valence-electron chi connectivity index (χ2n) is 3.99. The van der Waals surface area contributed by atoms with E-state index in [-0.39, 0.29) is 6.10 Å². The van der Waals surface area contributed by atoms with Crippen LogP contribution in [0.4, 0.5) is 0 Å². The van der Waals surface area contributed by atoms with Gasteiger partial charge >= 0.3 is 0 Å². The lowest BCUT2D eigenvalue weighted by molar-refractivity contribution is 0.173. The Labute approximate surface area is 119 Å². The van der Waals surface area contributed by atoms with Crippen molar-refractivity contribution in [3.63, 3.8) is 0 Å². The van der Waals surface area contributed by atoms with Crippen LogP contribution in [0.5, 0.6) is 5.75 Å². The number of halogens is 1. The molecule has 0 bridgehead atoms. The zero-order valence-electron chi connectivity index (χ0n) is 10.1. The van der Waals surface area contributed by atoms with Crippen LogP contribution in [0.2, 0.25) is 0 Å². The lowest BCUT2D eigenvalue weighted by Gasteiger charge is -2.09. The number of aliphatic hydroxyl groups excluding tert-OH is 1. The lowest BCUT2D eigenvalue weighted by Crippen LogP contribution is -1.96. The summed E-state index contributed by atoms with van der Waals surface area (Å²) < 4.78 is 6.80. The molecule has 0 aliphatic carbocycles. The van der Waals surface area contributed by atoms with Gasteiger partial charge in [-0.1, -0.05) is 19.1 Å². The fraction of sp³-hybridized carbons (Fsp3) is 0.286. The molecule has 4 heteroatoms. The smallest absolute Gasteiger partial charge is 0.122 e. The molecule has 2 aromatic rings. The van der Waals surface area contributed by atoms with Crippen molar-refractivity contribution in [2.75, 3.05) is 0 Å². The van der Waals surface area contributed by atoms with Crippen molar-refractivity contribution in [1.82, 2.24) is 0 Å². The van der Waals surface area contributed by atoms with E-state index in [1.807, 2.05) is 43.3 Å². The van der Waals surface area contributed by atoms with E-state index in [1.165, 1.54) is 4.88 Å². The summed E-state index contributed by atoms with van der Waals surface area (Å²) in [5.41, 5.74) is 0.934.